The van der Waals surface area contributed by atoms with Gasteiger partial charge in [0.25, 0.3) is 6.43 Å². The van der Waals surface area contributed by atoms with Crippen molar-refractivity contribution in [2.45, 2.75) is 51.8 Å². The first-order valence-corrected chi connectivity index (χ1v) is 7.81. The number of nitrogens with one attached hydrogen (secondary N) is 1. The summed E-state index contributed by atoms with van der Waals surface area (Å²) in [7, 11) is 0. The van der Waals surface area contributed by atoms with Crippen molar-refractivity contribution < 1.29 is 18.1 Å². The molecule has 1 aromatic rings. The van der Waals surface area contributed by atoms with Gasteiger partial charge in [0.15, 0.2) is 6.61 Å². The fraction of sp³-hybridized carbons (Fsp3) is 0.643. The summed E-state index contributed by atoms with van der Waals surface area (Å²) >= 11 is -1.20. The number of nitrogens with zero attached hydrogens (tertiary/aromatic N) is 1. The molecule has 7 heteroatoms. The molecule has 0 saturated heterocycles. The normalized spacial score (nSPS) is 15.1. The molecule has 0 amide bonds. The van der Waals surface area contributed by atoms with Crippen LogP contribution in [-0.2, 0) is 11.4 Å². The smallest absolute Gasteiger partial charge is 0.272 e. The summed E-state index contributed by atoms with van der Waals surface area (Å²) in [6.07, 6.45) is -0.980. The Bertz CT molecular complexity index is 467. The van der Waals surface area contributed by atoms with Gasteiger partial charge >= 0.3 is 0 Å². The van der Waals surface area contributed by atoms with Crippen LogP contribution in [0.3, 0.4) is 0 Å². The number of ether oxygens (including phenoxy) is 1. The molecule has 0 unspecified atom stereocenters. The standard InChI is InChI=1S/C14H22F2N2O2S/c1-9-6-11(7-17-13(9)20-8-12(15)16)10(2)18-21(19)14(3,4)5/h6-7,10,12,18H,8H2,1-5H3/t10-,21-/m1/s1. The Morgan fingerprint density at radius 1 is 1.43 bits per heavy atom. The summed E-state index contributed by atoms with van der Waals surface area (Å²) in [5.74, 6) is 0.197. The molecule has 2 atom stereocenters. The molecule has 0 aromatic carbocycles. The van der Waals surface area contributed by atoms with Crippen molar-refractivity contribution in [3.05, 3.63) is 23.4 Å². The van der Waals surface area contributed by atoms with E-state index in [-0.39, 0.29) is 16.7 Å². The molecule has 0 fully saturated rings. The summed E-state index contributed by atoms with van der Waals surface area (Å²) < 4.78 is 43.9. The number of aryl methyl sites for hydroxylation is 1. The van der Waals surface area contributed by atoms with E-state index in [1.807, 2.05) is 27.7 Å². The summed E-state index contributed by atoms with van der Waals surface area (Å²) in [4.78, 5) is 4.05. The van der Waals surface area contributed by atoms with E-state index in [0.717, 1.165) is 5.56 Å². The zero-order chi connectivity index (χ0) is 16.2. The lowest BCUT2D eigenvalue weighted by Crippen LogP contribution is -2.40. The molecule has 1 N–H and O–H groups in total. The van der Waals surface area contributed by atoms with Gasteiger partial charge in [-0.2, -0.15) is 0 Å². The van der Waals surface area contributed by atoms with Crippen molar-refractivity contribution in [1.29, 1.82) is 0 Å². The molecule has 0 saturated carbocycles. The highest BCUT2D eigenvalue weighted by Gasteiger charge is 2.28. The third-order valence-corrected chi connectivity index (χ3v) is 4.42. The molecule has 21 heavy (non-hydrogen) atoms. The summed E-state index contributed by atoms with van der Waals surface area (Å²) in [6.45, 7) is 8.59. The molecule has 4 nitrogen and oxygen atoms in total. The zero-order valence-electron chi connectivity index (χ0n) is 12.9. The van der Waals surface area contributed by atoms with Gasteiger partial charge in [0, 0.05) is 23.1 Å². The quantitative estimate of drug-likeness (QED) is 0.818. The molecule has 0 bridgehead atoms. The van der Waals surface area contributed by atoms with Crippen LogP contribution in [-0.4, -0.2) is 27.3 Å². The van der Waals surface area contributed by atoms with Gasteiger partial charge in [0.1, 0.15) is 4.75 Å². The molecule has 0 aliphatic carbocycles. The largest absolute Gasteiger partial charge is 0.598 e. The van der Waals surface area contributed by atoms with Gasteiger partial charge in [-0.1, -0.05) is 0 Å². The topological polar surface area (TPSA) is 57.2 Å². The maximum absolute atomic E-state index is 12.1. The van der Waals surface area contributed by atoms with Crippen LogP contribution in [0.2, 0.25) is 0 Å². The Hall–Kier alpha value is -0.920. The average molecular weight is 320 g/mol. The minimum atomic E-state index is -2.53. The fourth-order valence-corrected chi connectivity index (χ4v) is 2.33. The van der Waals surface area contributed by atoms with E-state index in [1.54, 1.807) is 19.2 Å². The lowest BCUT2D eigenvalue weighted by molar-refractivity contribution is 0.0792. The first-order valence-electron chi connectivity index (χ1n) is 6.66. The fourth-order valence-electron chi connectivity index (χ4n) is 1.52. The Labute approximate surface area is 127 Å². The van der Waals surface area contributed by atoms with Gasteiger partial charge in [-0.3, -0.25) is 0 Å². The van der Waals surface area contributed by atoms with E-state index in [9.17, 15) is 13.3 Å². The van der Waals surface area contributed by atoms with E-state index in [0.29, 0.717) is 5.56 Å². The van der Waals surface area contributed by atoms with Crippen molar-refractivity contribution >= 4 is 11.4 Å². The minimum Gasteiger partial charge on any atom is -0.598 e. The monoisotopic (exact) mass is 320 g/mol. The average Bonchev–Trinajstić information content (AvgIpc) is 2.35. The number of hydrogen-bond acceptors (Lipinski definition) is 4. The summed E-state index contributed by atoms with van der Waals surface area (Å²) in [5.41, 5.74) is 1.50. The van der Waals surface area contributed by atoms with Gasteiger partial charge < -0.3 is 9.29 Å². The van der Waals surface area contributed by atoms with Crippen LogP contribution in [0.15, 0.2) is 12.3 Å². The predicted octanol–water partition coefficient (Wildman–Crippen LogP) is 3.15. The molecule has 0 aliphatic heterocycles. The number of alkyl halides is 2. The zero-order valence-corrected chi connectivity index (χ0v) is 13.8. The van der Waals surface area contributed by atoms with Crippen LogP contribution >= 0.6 is 0 Å². The lowest BCUT2D eigenvalue weighted by Gasteiger charge is -2.26. The predicted molar refractivity (Wildman–Crippen MR) is 79.9 cm³/mol. The van der Waals surface area contributed by atoms with Crippen LogP contribution in [0.25, 0.3) is 0 Å². The summed E-state index contributed by atoms with van der Waals surface area (Å²) in [5, 5.41) is 0. The Morgan fingerprint density at radius 3 is 2.52 bits per heavy atom. The molecular formula is C14H22F2N2O2S. The number of hydrogen-bond donors (Lipinski definition) is 1. The van der Waals surface area contributed by atoms with Crippen molar-refractivity contribution in [2.75, 3.05) is 6.61 Å². The van der Waals surface area contributed by atoms with Crippen molar-refractivity contribution in [1.82, 2.24) is 9.71 Å². The second-order valence-corrected chi connectivity index (χ2v) is 7.81. The van der Waals surface area contributed by atoms with Crippen molar-refractivity contribution in [2.24, 2.45) is 0 Å². The highest BCUT2D eigenvalue weighted by Crippen LogP contribution is 2.23. The third-order valence-electron chi connectivity index (χ3n) is 2.74. The van der Waals surface area contributed by atoms with Crippen LogP contribution < -0.4 is 9.46 Å². The second-order valence-electron chi connectivity index (χ2n) is 5.81. The number of halogens is 2. The van der Waals surface area contributed by atoms with E-state index in [2.05, 4.69) is 9.71 Å². The highest BCUT2D eigenvalue weighted by molar-refractivity contribution is 7.90. The van der Waals surface area contributed by atoms with Crippen LogP contribution in [0, 0.1) is 6.92 Å². The van der Waals surface area contributed by atoms with Gasteiger partial charge in [0.2, 0.25) is 5.88 Å². The Morgan fingerprint density at radius 2 is 2.05 bits per heavy atom. The van der Waals surface area contributed by atoms with Gasteiger partial charge in [-0.15, -0.1) is 4.72 Å². The molecule has 1 rings (SSSR count). The molecule has 1 heterocycles. The number of aromatic nitrogens is 1. The van der Waals surface area contributed by atoms with Gasteiger partial charge in [-0.05, 0) is 46.2 Å². The Kier molecular flexibility index (Phi) is 6.37. The highest BCUT2D eigenvalue weighted by atomic mass is 32.2. The van der Waals surface area contributed by atoms with E-state index >= 15 is 0 Å². The Balaban J connectivity index is 2.74. The molecule has 0 spiro atoms. The number of pyridine rings is 1. The molecule has 0 radical (unpaired) electrons. The summed E-state index contributed by atoms with van der Waals surface area (Å²) in [6, 6.07) is 1.63. The van der Waals surface area contributed by atoms with E-state index < -0.39 is 24.4 Å². The second kappa shape index (κ2) is 7.38. The lowest BCUT2D eigenvalue weighted by atomic mass is 10.1. The first-order chi connectivity index (χ1) is 9.61. The maximum atomic E-state index is 12.1. The third kappa shape index (κ3) is 5.76. The molecule has 0 aliphatic rings. The van der Waals surface area contributed by atoms with Crippen LogP contribution in [0.5, 0.6) is 5.88 Å². The van der Waals surface area contributed by atoms with Gasteiger partial charge in [-0.25, -0.2) is 13.8 Å². The minimum absolute atomic E-state index is 0.166. The number of rotatable bonds is 6. The molecule has 1 aromatic heterocycles. The SMILES string of the molecule is Cc1cc([C@@H](C)N[S@+]([O-])C(C)(C)C)cnc1OCC(F)F. The van der Waals surface area contributed by atoms with Gasteiger partial charge in [0.05, 0.1) is 6.04 Å². The van der Waals surface area contributed by atoms with Crippen molar-refractivity contribution in [3.63, 3.8) is 0 Å². The molecule has 120 valence electrons. The molecular weight excluding hydrogens is 298 g/mol. The maximum Gasteiger partial charge on any atom is 0.272 e. The first kappa shape index (κ1) is 18.1. The van der Waals surface area contributed by atoms with Crippen LogP contribution in [0.4, 0.5) is 8.78 Å². The van der Waals surface area contributed by atoms with E-state index in [4.69, 9.17) is 4.74 Å². The van der Waals surface area contributed by atoms with Crippen LogP contribution in [0.1, 0.15) is 44.9 Å². The van der Waals surface area contributed by atoms with Crippen molar-refractivity contribution in [3.8, 4) is 5.88 Å². The van der Waals surface area contributed by atoms with E-state index in [1.165, 1.54) is 0 Å².